The second-order valence-electron chi connectivity index (χ2n) is 2.91. The second-order valence-corrected chi connectivity index (χ2v) is 4.36. The minimum atomic E-state index is -0.126. The molecule has 0 bridgehead atoms. The van der Waals surface area contributed by atoms with Gasteiger partial charge in [-0.3, -0.25) is 0 Å². The van der Waals surface area contributed by atoms with E-state index in [9.17, 15) is 0 Å². The van der Waals surface area contributed by atoms with Crippen molar-refractivity contribution in [2.24, 2.45) is 0 Å². The Balaban J connectivity index is 2.68. The third-order valence-corrected chi connectivity index (χ3v) is 1.63. The van der Waals surface area contributed by atoms with Crippen LogP contribution in [-0.4, -0.2) is 10.9 Å². The zero-order valence-corrected chi connectivity index (χ0v) is 9.96. The van der Waals surface area contributed by atoms with Gasteiger partial charge in [0.15, 0.2) is 0 Å². The average molecular weight is 230 g/mol. The average Bonchev–Trinajstić information content (AvgIpc) is 2.01. The van der Waals surface area contributed by atoms with Crippen LogP contribution >= 0.6 is 25.3 Å². The van der Waals surface area contributed by atoms with E-state index < -0.39 is 0 Å². The summed E-state index contributed by atoms with van der Waals surface area (Å²) in [6.07, 6.45) is 0. The molecule has 0 aliphatic heterocycles. The van der Waals surface area contributed by atoms with Gasteiger partial charge in [-0.15, -0.1) is 25.3 Å². The highest BCUT2D eigenvalue weighted by molar-refractivity contribution is 7.80. The van der Waals surface area contributed by atoms with Crippen molar-refractivity contribution >= 4 is 25.3 Å². The Bertz CT molecular complexity index is 262. The van der Waals surface area contributed by atoms with E-state index in [1.807, 2.05) is 38.1 Å². The van der Waals surface area contributed by atoms with Gasteiger partial charge in [0.1, 0.15) is 22.4 Å². The standard InChI is InChI=1S/C10H14O2S2/c1-7(13)11-9-4-3-5-10(6-9)12-8(2)14/h3-8,13-14H,1-2H3. The molecule has 0 radical (unpaired) electrons. The molecule has 1 aromatic rings. The predicted octanol–water partition coefficient (Wildman–Crippen LogP) is 3.00. The minimum Gasteiger partial charge on any atom is -0.480 e. The van der Waals surface area contributed by atoms with E-state index in [0.29, 0.717) is 0 Å². The van der Waals surface area contributed by atoms with E-state index in [4.69, 9.17) is 9.47 Å². The SMILES string of the molecule is CC(S)Oc1cccc(OC(C)S)c1. The van der Waals surface area contributed by atoms with Crippen molar-refractivity contribution < 1.29 is 9.47 Å². The monoisotopic (exact) mass is 230 g/mol. The number of benzene rings is 1. The van der Waals surface area contributed by atoms with E-state index in [2.05, 4.69) is 25.3 Å². The summed E-state index contributed by atoms with van der Waals surface area (Å²) in [5.41, 5.74) is -0.252. The Hall–Kier alpha value is -0.480. The second kappa shape index (κ2) is 5.41. The van der Waals surface area contributed by atoms with Crippen LogP contribution in [0.5, 0.6) is 11.5 Å². The summed E-state index contributed by atoms with van der Waals surface area (Å²) in [7, 11) is 0. The van der Waals surface area contributed by atoms with E-state index >= 15 is 0 Å². The largest absolute Gasteiger partial charge is 0.480 e. The lowest BCUT2D eigenvalue weighted by molar-refractivity contribution is 0.294. The van der Waals surface area contributed by atoms with E-state index in [-0.39, 0.29) is 10.9 Å². The summed E-state index contributed by atoms with van der Waals surface area (Å²) in [5, 5.41) is 0. The van der Waals surface area contributed by atoms with Gasteiger partial charge in [-0.05, 0) is 26.0 Å². The van der Waals surface area contributed by atoms with Crippen LogP contribution in [0.15, 0.2) is 24.3 Å². The van der Waals surface area contributed by atoms with Crippen molar-refractivity contribution in [1.82, 2.24) is 0 Å². The molecule has 0 N–H and O–H groups in total. The number of hydrogen-bond acceptors (Lipinski definition) is 4. The van der Waals surface area contributed by atoms with E-state index in [1.165, 1.54) is 0 Å². The Morgan fingerprint density at radius 1 is 1.00 bits per heavy atom. The van der Waals surface area contributed by atoms with Crippen molar-refractivity contribution in [2.45, 2.75) is 24.7 Å². The fraction of sp³-hybridized carbons (Fsp3) is 0.400. The summed E-state index contributed by atoms with van der Waals surface area (Å²) in [6.45, 7) is 3.72. The van der Waals surface area contributed by atoms with Gasteiger partial charge in [0, 0.05) is 6.07 Å². The third-order valence-electron chi connectivity index (χ3n) is 1.42. The van der Waals surface area contributed by atoms with Crippen LogP contribution in [-0.2, 0) is 0 Å². The lowest BCUT2D eigenvalue weighted by Gasteiger charge is -2.12. The molecule has 2 nitrogen and oxygen atoms in total. The quantitative estimate of drug-likeness (QED) is 0.612. The summed E-state index contributed by atoms with van der Waals surface area (Å²) in [5.74, 6) is 1.50. The Morgan fingerprint density at radius 3 is 1.79 bits per heavy atom. The molecule has 78 valence electrons. The van der Waals surface area contributed by atoms with Crippen LogP contribution in [0.4, 0.5) is 0 Å². The molecule has 1 aromatic carbocycles. The minimum absolute atomic E-state index is 0.126. The van der Waals surface area contributed by atoms with Gasteiger partial charge >= 0.3 is 0 Å². The van der Waals surface area contributed by atoms with Crippen LogP contribution < -0.4 is 9.47 Å². The molecule has 2 atom stereocenters. The Labute approximate surface area is 95.4 Å². The maximum absolute atomic E-state index is 5.40. The molecular formula is C10H14O2S2. The molecule has 14 heavy (non-hydrogen) atoms. The zero-order chi connectivity index (χ0) is 10.6. The lowest BCUT2D eigenvalue weighted by Crippen LogP contribution is -2.04. The Morgan fingerprint density at radius 2 is 1.43 bits per heavy atom. The summed E-state index contributed by atoms with van der Waals surface area (Å²) in [4.78, 5) is 0. The van der Waals surface area contributed by atoms with Crippen LogP contribution in [0.2, 0.25) is 0 Å². The molecular weight excluding hydrogens is 216 g/mol. The van der Waals surface area contributed by atoms with E-state index in [1.54, 1.807) is 0 Å². The first-order valence-electron chi connectivity index (χ1n) is 4.37. The van der Waals surface area contributed by atoms with Crippen molar-refractivity contribution in [3.05, 3.63) is 24.3 Å². The first kappa shape index (κ1) is 11.6. The highest BCUT2D eigenvalue weighted by Crippen LogP contribution is 2.22. The fourth-order valence-corrected chi connectivity index (χ4v) is 1.26. The molecule has 0 saturated carbocycles. The van der Waals surface area contributed by atoms with Gasteiger partial charge in [0.05, 0.1) is 0 Å². The maximum atomic E-state index is 5.40. The van der Waals surface area contributed by atoms with Crippen molar-refractivity contribution in [2.75, 3.05) is 0 Å². The van der Waals surface area contributed by atoms with Crippen LogP contribution in [0.3, 0.4) is 0 Å². The van der Waals surface area contributed by atoms with Gasteiger partial charge in [0.25, 0.3) is 0 Å². The maximum Gasteiger partial charge on any atom is 0.138 e. The molecule has 0 saturated heterocycles. The fourth-order valence-electron chi connectivity index (χ4n) is 1.01. The number of rotatable bonds is 4. The lowest BCUT2D eigenvalue weighted by atomic mass is 10.3. The molecule has 1 rings (SSSR count). The van der Waals surface area contributed by atoms with E-state index in [0.717, 1.165) is 11.5 Å². The van der Waals surface area contributed by atoms with Crippen LogP contribution in [0, 0.1) is 0 Å². The normalized spacial score (nSPS) is 14.6. The van der Waals surface area contributed by atoms with Crippen LogP contribution in [0.1, 0.15) is 13.8 Å². The molecule has 0 aliphatic carbocycles. The first-order valence-corrected chi connectivity index (χ1v) is 5.40. The molecule has 0 fully saturated rings. The molecule has 0 amide bonds. The molecule has 4 heteroatoms. The summed E-state index contributed by atoms with van der Waals surface area (Å²) >= 11 is 8.27. The topological polar surface area (TPSA) is 18.5 Å². The van der Waals surface area contributed by atoms with Crippen LogP contribution in [0.25, 0.3) is 0 Å². The molecule has 0 heterocycles. The smallest absolute Gasteiger partial charge is 0.138 e. The molecule has 0 spiro atoms. The van der Waals surface area contributed by atoms with Crippen molar-refractivity contribution in [3.63, 3.8) is 0 Å². The van der Waals surface area contributed by atoms with Crippen molar-refractivity contribution in [1.29, 1.82) is 0 Å². The van der Waals surface area contributed by atoms with Gasteiger partial charge in [-0.2, -0.15) is 0 Å². The first-order chi connectivity index (χ1) is 6.58. The summed E-state index contributed by atoms with van der Waals surface area (Å²) < 4.78 is 10.8. The van der Waals surface area contributed by atoms with Gasteiger partial charge in [-0.1, -0.05) is 6.07 Å². The van der Waals surface area contributed by atoms with Gasteiger partial charge < -0.3 is 9.47 Å². The highest BCUT2D eigenvalue weighted by atomic mass is 32.1. The van der Waals surface area contributed by atoms with Crippen molar-refractivity contribution in [3.8, 4) is 11.5 Å². The molecule has 2 unspecified atom stereocenters. The third kappa shape index (κ3) is 4.15. The summed E-state index contributed by atoms with van der Waals surface area (Å²) in [6, 6.07) is 7.42. The highest BCUT2D eigenvalue weighted by Gasteiger charge is 2.01. The zero-order valence-electron chi connectivity index (χ0n) is 8.18. The number of ether oxygens (including phenoxy) is 2. The molecule has 0 aromatic heterocycles. The van der Waals surface area contributed by atoms with Gasteiger partial charge in [0.2, 0.25) is 0 Å². The number of thiol groups is 2. The predicted molar refractivity (Wildman–Crippen MR) is 64.6 cm³/mol. The molecule has 0 aliphatic rings. The Kier molecular flexibility index (Phi) is 4.48. The van der Waals surface area contributed by atoms with Gasteiger partial charge in [-0.25, -0.2) is 0 Å². The number of hydrogen-bond donors (Lipinski definition) is 2.